The van der Waals surface area contributed by atoms with Gasteiger partial charge >= 0.3 is 11.9 Å². The van der Waals surface area contributed by atoms with E-state index in [0.717, 1.165) is 16.0 Å². The van der Waals surface area contributed by atoms with Crippen molar-refractivity contribution in [2.75, 3.05) is 11.9 Å². The van der Waals surface area contributed by atoms with Crippen LogP contribution in [0.4, 0.5) is 10.5 Å². The summed E-state index contributed by atoms with van der Waals surface area (Å²) in [4.78, 5) is 27.1. The van der Waals surface area contributed by atoms with Gasteiger partial charge < -0.3 is 0 Å². The maximum Gasteiger partial charge on any atom is 0.506 e. The van der Waals surface area contributed by atoms with Crippen molar-refractivity contribution in [3.8, 4) is 11.8 Å². The fourth-order valence-electron chi connectivity index (χ4n) is 3.38. The van der Waals surface area contributed by atoms with Crippen LogP contribution in [0.5, 0.6) is 0 Å². The molecular weight excluding hydrogens is 384 g/mol. The molecule has 1 aliphatic carbocycles. The number of carbonyl (C=O) groups is 2. The van der Waals surface area contributed by atoms with Gasteiger partial charge in [-0.2, -0.15) is 9.37 Å². The second-order valence-electron chi connectivity index (χ2n) is 6.95. The van der Waals surface area contributed by atoms with Crippen molar-refractivity contribution < 1.29 is 14.2 Å². The molecule has 142 valence electrons. The summed E-state index contributed by atoms with van der Waals surface area (Å²) in [6, 6.07) is 14.3. The predicted molar refractivity (Wildman–Crippen MR) is 114 cm³/mol. The highest BCUT2D eigenvalue weighted by Gasteiger charge is 2.47. The van der Waals surface area contributed by atoms with Crippen LogP contribution in [0, 0.1) is 17.8 Å². The average molecular weight is 402 g/mol. The molecule has 0 saturated carbocycles. The number of imide groups is 1. The van der Waals surface area contributed by atoms with Crippen LogP contribution >= 0.6 is 11.6 Å². The van der Waals surface area contributed by atoms with Crippen molar-refractivity contribution in [3.63, 3.8) is 0 Å². The van der Waals surface area contributed by atoms with Gasteiger partial charge in [0, 0.05) is 11.1 Å². The minimum absolute atomic E-state index is 0.301. The van der Waals surface area contributed by atoms with Gasteiger partial charge in [0.15, 0.2) is 5.69 Å². The molecule has 1 atom stereocenters. The molecular formula is C24H18ClN2O2+. The third-order valence-corrected chi connectivity index (χ3v) is 5.21. The van der Waals surface area contributed by atoms with Crippen molar-refractivity contribution in [2.24, 2.45) is 5.92 Å². The normalized spacial score (nSPS) is 18.2. The number of halogens is 1. The summed E-state index contributed by atoms with van der Waals surface area (Å²) in [5.74, 6) is 5.31. The van der Waals surface area contributed by atoms with E-state index in [-0.39, 0.29) is 5.91 Å². The molecule has 0 spiro atoms. The van der Waals surface area contributed by atoms with E-state index in [1.54, 1.807) is 25.2 Å². The maximum absolute atomic E-state index is 13.1. The number of fused-ring (bicyclic) bond motifs is 1. The molecule has 4 rings (SSSR count). The first-order valence-corrected chi connectivity index (χ1v) is 9.55. The van der Waals surface area contributed by atoms with E-state index in [1.807, 2.05) is 55.5 Å². The third kappa shape index (κ3) is 3.53. The van der Waals surface area contributed by atoms with Gasteiger partial charge in [0.25, 0.3) is 0 Å². The molecule has 4 nitrogen and oxygen atoms in total. The summed E-state index contributed by atoms with van der Waals surface area (Å²) in [5, 5.41) is 0.301. The number of amides is 3. The molecule has 0 saturated heterocycles. The van der Waals surface area contributed by atoms with Gasteiger partial charge in [-0.05, 0) is 48.9 Å². The number of carbonyl (C=O) groups excluding carboxylic acids is 2. The fourth-order valence-corrected chi connectivity index (χ4v) is 3.64. The molecule has 0 aromatic heterocycles. The van der Waals surface area contributed by atoms with Crippen molar-refractivity contribution in [1.29, 1.82) is 0 Å². The van der Waals surface area contributed by atoms with Gasteiger partial charge in [0.05, 0.1) is 12.1 Å². The van der Waals surface area contributed by atoms with Gasteiger partial charge in [0.1, 0.15) is 11.6 Å². The van der Waals surface area contributed by atoms with E-state index in [2.05, 4.69) is 11.8 Å². The Kier molecular flexibility index (Phi) is 4.92. The highest BCUT2D eigenvalue weighted by molar-refractivity contribution is 6.36. The van der Waals surface area contributed by atoms with E-state index in [0.29, 0.717) is 22.0 Å². The van der Waals surface area contributed by atoms with Crippen LogP contribution in [0.25, 0.3) is 0 Å². The molecule has 3 amide bonds. The van der Waals surface area contributed by atoms with E-state index < -0.39 is 11.9 Å². The van der Waals surface area contributed by atoms with Gasteiger partial charge in [0.2, 0.25) is 0 Å². The molecule has 0 N–H and O–H groups in total. The zero-order valence-electron chi connectivity index (χ0n) is 16.0. The highest BCUT2D eigenvalue weighted by atomic mass is 35.5. The first-order chi connectivity index (χ1) is 14.0. The van der Waals surface area contributed by atoms with Crippen LogP contribution < -0.4 is 4.90 Å². The molecule has 2 aromatic rings. The number of hydrogen-bond acceptors (Lipinski definition) is 2. The molecule has 0 fully saturated rings. The average Bonchev–Trinajstić information content (AvgIpc) is 2.72. The summed E-state index contributed by atoms with van der Waals surface area (Å²) < 4.78 is 1.50. The molecule has 5 heteroatoms. The smallest absolute Gasteiger partial charge is 0.245 e. The van der Waals surface area contributed by atoms with Gasteiger partial charge in [-0.1, -0.05) is 53.8 Å². The monoisotopic (exact) mass is 401 g/mol. The largest absolute Gasteiger partial charge is 0.506 e. The lowest BCUT2D eigenvalue weighted by Gasteiger charge is -2.26. The standard InChI is InChI=1S/C24H18ClN2O2/c1-16-8-12-19-22(14-16)26(2)24(29)27(23(19)28)21-13-11-18(15-20(21)25)10-9-17-6-4-3-5-7-17/h3-8,11-15,19H,1-2H3/q+1. The topological polar surface area (TPSA) is 40.4 Å². The van der Waals surface area contributed by atoms with E-state index in [9.17, 15) is 9.59 Å². The third-order valence-electron chi connectivity index (χ3n) is 4.91. The molecule has 2 aromatic carbocycles. The van der Waals surface area contributed by atoms with E-state index in [4.69, 9.17) is 11.6 Å². The SMILES string of the molecule is CC1=CC2=[N+](C)C(=O)N(c3ccc(C#Cc4ccccc4)cc3Cl)C(=O)C2C=C1. The zero-order valence-corrected chi connectivity index (χ0v) is 16.8. The van der Waals surface area contributed by atoms with Crippen LogP contribution in [0.15, 0.2) is 72.3 Å². The lowest BCUT2D eigenvalue weighted by molar-refractivity contribution is -0.393. The second kappa shape index (κ2) is 7.54. The number of rotatable bonds is 1. The molecule has 0 radical (unpaired) electrons. The lowest BCUT2D eigenvalue weighted by atomic mass is 9.91. The summed E-state index contributed by atoms with van der Waals surface area (Å²) >= 11 is 6.45. The predicted octanol–water partition coefficient (Wildman–Crippen LogP) is 4.42. The van der Waals surface area contributed by atoms with Crippen LogP contribution in [-0.4, -0.2) is 29.3 Å². The van der Waals surface area contributed by atoms with Crippen molar-refractivity contribution in [3.05, 3.63) is 88.5 Å². The number of benzene rings is 2. The Morgan fingerprint density at radius 1 is 1.03 bits per heavy atom. The Bertz CT molecular complexity index is 1180. The Morgan fingerprint density at radius 3 is 2.48 bits per heavy atom. The summed E-state index contributed by atoms with van der Waals surface area (Å²) in [6.45, 7) is 1.93. The number of anilines is 1. The minimum Gasteiger partial charge on any atom is -0.245 e. The molecule has 1 aliphatic heterocycles. The quantitative estimate of drug-likeness (QED) is 0.524. The summed E-state index contributed by atoms with van der Waals surface area (Å²) in [6.07, 6.45) is 5.57. The number of nitrogens with zero attached hydrogens (tertiary/aromatic N) is 2. The summed E-state index contributed by atoms with van der Waals surface area (Å²) in [5.41, 5.74) is 3.63. The minimum atomic E-state index is -0.505. The van der Waals surface area contributed by atoms with Crippen molar-refractivity contribution >= 4 is 34.9 Å². The molecule has 1 unspecified atom stereocenters. The number of urea groups is 1. The van der Waals surface area contributed by atoms with Crippen molar-refractivity contribution in [1.82, 2.24) is 0 Å². The Balaban J connectivity index is 1.69. The van der Waals surface area contributed by atoms with E-state index in [1.165, 1.54) is 4.58 Å². The molecule has 2 aliphatic rings. The van der Waals surface area contributed by atoms with Crippen LogP contribution in [0.2, 0.25) is 5.02 Å². The van der Waals surface area contributed by atoms with E-state index >= 15 is 0 Å². The first kappa shape index (κ1) is 18.9. The van der Waals surface area contributed by atoms with Gasteiger partial charge in [-0.15, -0.1) is 4.90 Å². The molecule has 1 heterocycles. The Labute approximate surface area is 174 Å². The van der Waals surface area contributed by atoms with Crippen LogP contribution in [-0.2, 0) is 4.79 Å². The molecule has 0 bridgehead atoms. The molecule has 29 heavy (non-hydrogen) atoms. The second-order valence-corrected chi connectivity index (χ2v) is 7.35. The van der Waals surface area contributed by atoms with Crippen molar-refractivity contribution in [2.45, 2.75) is 6.92 Å². The van der Waals surface area contributed by atoms with Crippen LogP contribution in [0.3, 0.4) is 0 Å². The Morgan fingerprint density at radius 2 is 1.76 bits per heavy atom. The van der Waals surface area contributed by atoms with Gasteiger partial charge in [-0.3, -0.25) is 0 Å². The number of allylic oxidation sites excluding steroid dienone is 3. The fraction of sp³-hybridized carbons (Fsp3) is 0.125. The maximum atomic E-state index is 13.1. The lowest BCUT2D eigenvalue weighted by Crippen LogP contribution is -2.53. The van der Waals surface area contributed by atoms with Gasteiger partial charge in [-0.25, -0.2) is 4.79 Å². The summed E-state index contributed by atoms with van der Waals surface area (Å²) in [7, 11) is 1.67. The Hall–Kier alpha value is -3.42. The zero-order chi connectivity index (χ0) is 20.5. The number of hydrogen-bond donors (Lipinski definition) is 0. The highest BCUT2D eigenvalue weighted by Crippen LogP contribution is 2.32. The van der Waals surface area contributed by atoms with Crippen LogP contribution in [0.1, 0.15) is 18.1 Å². The first-order valence-electron chi connectivity index (χ1n) is 9.17.